The summed E-state index contributed by atoms with van der Waals surface area (Å²) >= 11 is 6.11. The number of aromatic nitrogens is 3. The fourth-order valence-electron chi connectivity index (χ4n) is 4.72. The van der Waals surface area contributed by atoms with E-state index in [0.29, 0.717) is 28.1 Å². The van der Waals surface area contributed by atoms with Crippen molar-refractivity contribution in [2.45, 2.75) is 37.6 Å². The molecule has 0 aliphatic heterocycles. The fourth-order valence-corrected chi connectivity index (χ4v) is 4.91. The minimum atomic E-state index is -2.90. The SMILES string of the molecule is COc1cccc2c1ncc1c(=O)n(-c3cccc(Cl)c3)c(=O)n(C3CCCC(F)(F)C3)c12. The molecule has 9 heteroatoms. The summed E-state index contributed by atoms with van der Waals surface area (Å²) in [6.45, 7) is 0. The maximum absolute atomic E-state index is 14.4. The van der Waals surface area contributed by atoms with E-state index in [1.165, 1.54) is 23.9 Å². The highest BCUT2D eigenvalue weighted by Crippen LogP contribution is 2.40. The molecule has 2 aromatic heterocycles. The molecule has 0 bridgehead atoms. The molecular formula is C24H20ClF2N3O3. The van der Waals surface area contributed by atoms with Gasteiger partial charge in [0, 0.05) is 35.5 Å². The van der Waals surface area contributed by atoms with Crippen LogP contribution in [0.5, 0.6) is 5.75 Å². The van der Waals surface area contributed by atoms with Crippen LogP contribution in [0.2, 0.25) is 5.02 Å². The zero-order chi connectivity index (χ0) is 23.3. The van der Waals surface area contributed by atoms with Gasteiger partial charge in [-0.1, -0.05) is 29.8 Å². The lowest BCUT2D eigenvalue weighted by Crippen LogP contribution is -2.42. The van der Waals surface area contributed by atoms with Crippen molar-refractivity contribution in [2.24, 2.45) is 0 Å². The van der Waals surface area contributed by atoms with Gasteiger partial charge in [-0.25, -0.2) is 18.1 Å². The second-order valence-electron chi connectivity index (χ2n) is 8.26. The standard InChI is InChI=1S/C24H20ClF2N3O3/c1-33-19-9-3-8-17-20(19)28-13-18-21(17)29(16-7-4-10-24(26,27)12-16)23(32)30(22(18)31)15-6-2-5-14(25)11-15/h2-3,5-6,8-9,11,13,16H,4,7,10,12H2,1H3. The molecule has 33 heavy (non-hydrogen) atoms. The average molecular weight is 472 g/mol. The van der Waals surface area contributed by atoms with Crippen molar-refractivity contribution in [1.82, 2.24) is 14.1 Å². The molecule has 1 aliphatic carbocycles. The Bertz CT molecular complexity index is 1510. The second-order valence-corrected chi connectivity index (χ2v) is 8.69. The van der Waals surface area contributed by atoms with Crippen molar-refractivity contribution in [3.63, 3.8) is 0 Å². The van der Waals surface area contributed by atoms with E-state index in [9.17, 15) is 18.4 Å². The summed E-state index contributed by atoms with van der Waals surface area (Å²) in [4.78, 5) is 31.7. The van der Waals surface area contributed by atoms with Crippen LogP contribution in [0, 0.1) is 0 Å². The summed E-state index contributed by atoms with van der Waals surface area (Å²) in [5.74, 6) is -2.44. The van der Waals surface area contributed by atoms with Gasteiger partial charge in [0.15, 0.2) is 0 Å². The first-order valence-corrected chi connectivity index (χ1v) is 11.0. The molecule has 2 aromatic carbocycles. The van der Waals surface area contributed by atoms with Crippen LogP contribution in [0.4, 0.5) is 8.78 Å². The van der Waals surface area contributed by atoms with Gasteiger partial charge in [-0.2, -0.15) is 0 Å². The maximum atomic E-state index is 14.4. The third-order valence-corrected chi connectivity index (χ3v) is 6.40. The van der Waals surface area contributed by atoms with Crippen LogP contribution in [0.15, 0.2) is 58.3 Å². The predicted octanol–water partition coefficient (Wildman–Crippen LogP) is 5.11. The van der Waals surface area contributed by atoms with Crippen LogP contribution in [0.3, 0.4) is 0 Å². The number of alkyl halides is 2. The van der Waals surface area contributed by atoms with Gasteiger partial charge in [-0.3, -0.25) is 14.3 Å². The minimum Gasteiger partial charge on any atom is -0.494 e. The molecule has 0 amide bonds. The van der Waals surface area contributed by atoms with E-state index < -0.39 is 29.6 Å². The normalized spacial score (nSPS) is 18.0. The van der Waals surface area contributed by atoms with Gasteiger partial charge in [-0.15, -0.1) is 0 Å². The van der Waals surface area contributed by atoms with Gasteiger partial charge < -0.3 is 4.74 Å². The Morgan fingerprint density at radius 1 is 1.15 bits per heavy atom. The number of hydrogen-bond acceptors (Lipinski definition) is 4. The summed E-state index contributed by atoms with van der Waals surface area (Å²) in [5.41, 5.74) is -0.277. The van der Waals surface area contributed by atoms with Crippen molar-refractivity contribution < 1.29 is 13.5 Å². The van der Waals surface area contributed by atoms with Crippen LogP contribution >= 0.6 is 11.6 Å². The topological polar surface area (TPSA) is 66.1 Å². The lowest BCUT2D eigenvalue weighted by molar-refractivity contribution is -0.0496. The van der Waals surface area contributed by atoms with Crippen molar-refractivity contribution in [3.05, 3.63) is 74.5 Å². The number of fused-ring (bicyclic) bond motifs is 3. The summed E-state index contributed by atoms with van der Waals surface area (Å²) in [6.07, 6.45) is 1.34. The molecule has 1 atom stereocenters. The van der Waals surface area contributed by atoms with Gasteiger partial charge in [0.05, 0.1) is 23.7 Å². The van der Waals surface area contributed by atoms with Crippen LogP contribution in [-0.4, -0.2) is 27.2 Å². The molecule has 170 valence electrons. The fraction of sp³-hybridized carbons (Fsp3) is 0.292. The largest absolute Gasteiger partial charge is 0.494 e. The monoisotopic (exact) mass is 471 g/mol. The van der Waals surface area contributed by atoms with Crippen molar-refractivity contribution in [2.75, 3.05) is 7.11 Å². The number of nitrogens with zero attached hydrogens (tertiary/aromatic N) is 3. The van der Waals surface area contributed by atoms with Crippen molar-refractivity contribution in [3.8, 4) is 11.4 Å². The molecule has 6 nitrogen and oxygen atoms in total. The Morgan fingerprint density at radius 3 is 2.67 bits per heavy atom. The first-order valence-electron chi connectivity index (χ1n) is 10.6. The molecule has 0 spiro atoms. The number of hydrogen-bond donors (Lipinski definition) is 0. The van der Waals surface area contributed by atoms with Crippen molar-refractivity contribution in [1.29, 1.82) is 0 Å². The number of rotatable bonds is 3. The number of benzene rings is 2. The smallest absolute Gasteiger partial charge is 0.336 e. The molecule has 4 aromatic rings. The number of para-hydroxylation sites is 1. The van der Waals surface area contributed by atoms with E-state index >= 15 is 0 Å². The van der Waals surface area contributed by atoms with Gasteiger partial charge in [-0.05, 0) is 37.1 Å². The zero-order valence-electron chi connectivity index (χ0n) is 17.7. The average Bonchev–Trinajstić information content (AvgIpc) is 2.78. The molecule has 5 rings (SSSR count). The van der Waals surface area contributed by atoms with Crippen LogP contribution in [0.1, 0.15) is 31.7 Å². The number of pyridine rings is 1. The highest BCUT2D eigenvalue weighted by Gasteiger charge is 2.38. The van der Waals surface area contributed by atoms with E-state index in [0.717, 1.165) is 4.57 Å². The third kappa shape index (κ3) is 3.58. The lowest BCUT2D eigenvalue weighted by atomic mass is 9.91. The molecule has 0 saturated heterocycles. The minimum absolute atomic E-state index is 0.157. The third-order valence-electron chi connectivity index (χ3n) is 6.17. The Hall–Kier alpha value is -3.26. The molecule has 2 heterocycles. The van der Waals surface area contributed by atoms with Crippen molar-refractivity contribution >= 4 is 33.4 Å². The summed E-state index contributed by atoms with van der Waals surface area (Å²) in [7, 11) is 1.49. The molecular weight excluding hydrogens is 452 g/mol. The maximum Gasteiger partial charge on any atom is 0.336 e. The quantitative estimate of drug-likeness (QED) is 0.389. The summed E-state index contributed by atoms with van der Waals surface area (Å²) in [5, 5.41) is 0.994. The number of methoxy groups -OCH3 is 1. The van der Waals surface area contributed by atoms with Gasteiger partial charge in [0.25, 0.3) is 5.56 Å². The van der Waals surface area contributed by atoms with Gasteiger partial charge in [0.1, 0.15) is 11.3 Å². The predicted molar refractivity (Wildman–Crippen MR) is 123 cm³/mol. The van der Waals surface area contributed by atoms with E-state index in [4.69, 9.17) is 16.3 Å². The van der Waals surface area contributed by atoms with Gasteiger partial charge >= 0.3 is 5.69 Å². The number of halogens is 3. The first kappa shape index (κ1) is 21.6. The second kappa shape index (κ2) is 7.95. The molecule has 1 aliphatic rings. The molecule has 1 saturated carbocycles. The van der Waals surface area contributed by atoms with E-state index in [2.05, 4.69) is 4.98 Å². The summed E-state index contributed by atoms with van der Waals surface area (Å²) < 4.78 is 36.6. The van der Waals surface area contributed by atoms with Crippen LogP contribution in [0.25, 0.3) is 27.5 Å². The first-order chi connectivity index (χ1) is 15.8. The Kier molecular flexibility index (Phi) is 5.20. The Balaban J connectivity index is 1.94. The number of ether oxygens (including phenoxy) is 1. The summed E-state index contributed by atoms with van der Waals surface area (Å²) in [6, 6.07) is 10.7. The lowest BCUT2D eigenvalue weighted by Gasteiger charge is -2.31. The Morgan fingerprint density at radius 2 is 1.94 bits per heavy atom. The molecule has 0 N–H and O–H groups in total. The highest BCUT2D eigenvalue weighted by atomic mass is 35.5. The van der Waals surface area contributed by atoms with E-state index in [1.54, 1.807) is 36.4 Å². The van der Waals surface area contributed by atoms with Crippen LogP contribution in [-0.2, 0) is 0 Å². The zero-order valence-corrected chi connectivity index (χ0v) is 18.5. The molecule has 1 unspecified atom stereocenters. The molecule has 1 fully saturated rings. The Labute approximate surface area is 192 Å². The van der Waals surface area contributed by atoms with E-state index in [1.807, 2.05) is 0 Å². The molecule has 0 radical (unpaired) electrons. The highest BCUT2D eigenvalue weighted by molar-refractivity contribution is 6.30. The van der Waals surface area contributed by atoms with Gasteiger partial charge in [0.2, 0.25) is 5.92 Å². The van der Waals surface area contributed by atoms with Crippen LogP contribution < -0.4 is 16.0 Å². The van der Waals surface area contributed by atoms with E-state index in [-0.39, 0.29) is 29.4 Å².